The lowest BCUT2D eigenvalue weighted by atomic mass is 10.0. The fourth-order valence-corrected chi connectivity index (χ4v) is 3.56. The Kier molecular flexibility index (Phi) is 4.18. The highest BCUT2D eigenvalue weighted by Crippen LogP contribution is 2.24. The minimum Gasteiger partial charge on any atom is -0.508 e. The van der Waals surface area contributed by atoms with Gasteiger partial charge in [0.1, 0.15) is 5.75 Å². The van der Waals surface area contributed by atoms with Gasteiger partial charge in [0.2, 0.25) is 0 Å². The first-order chi connectivity index (χ1) is 8.16. The van der Waals surface area contributed by atoms with Gasteiger partial charge < -0.3 is 10.4 Å². The highest BCUT2D eigenvalue weighted by molar-refractivity contribution is 7.85. The van der Waals surface area contributed by atoms with Gasteiger partial charge in [-0.2, -0.15) is 0 Å². The molecule has 0 saturated carbocycles. The number of hydrogen-bond donors (Lipinski definition) is 2. The number of aromatic hydroxyl groups is 1. The Morgan fingerprint density at radius 1 is 1.35 bits per heavy atom. The summed E-state index contributed by atoms with van der Waals surface area (Å²) in [4.78, 5) is 0. The molecule has 1 aromatic carbocycles. The second-order valence-corrected chi connectivity index (χ2v) is 6.27. The van der Waals surface area contributed by atoms with Crippen LogP contribution in [-0.4, -0.2) is 26.9 Å². The lowest BCUT2D eigenvalue weighted by Crippen LogP contribution is -2.37. The average Bonchev–Trinajstić information content (AvgIpc) is 2.32. The van der Waals surface area contributed by atoms with Gasteiger partial charge in [0.25, 0.3) is 0 Å². The fraction of sp³-hybridized carbons (Fsp3) is 0.538. The maximum Gasteiger partial charge on any atom is 0.120 e. The zero-order chi connectivity index (χ0) is 12.3. The number of nitrogens with one attached hydrogen (secondary N) is 1. The Bertz CT molecular complexity index is 398. The van der Waals surface area contributed by atoms with E-state index in [1.54, 1.807) is 6.07 Å². The molecule has 0 bridgehead atoms. The van der Waals surface area contributed by atoms with Crippen LogP contribution in [0.2, 0.25) is 0 Å². The van der Waals surface area contributed by atoms with Crippen LogP contribution >= 0.6 is 0 Å². The van der Waals surface area contributed by atoms with E-state index < -0.39 is 10.8 Å². The van der Waals surface area contributed by atoms with Crippen molar-refractivity contribution in [3.8, 4) is 5.75 Å². The van der Waals surface area contributed by atoms with Gasteiger partial charge in [-0.3, -0.25) is 4.21 Å². The number of phenols is 1. The number of hydrogen-bond acceptors (Lipinski definition) is 3. The van der Waals surface area contributed by atoms with E-state index in [0.717, 1.165) is 29.9 Å². The van der Waals surface area contributed by atoms with E-state index in [0.29, 0.717) is 11.8 Å². The van der Waals surface area contributed by atoms with Crippen LogP contribution < -0.4 is 5.32 Å². The van der Waals surface area contributed by atoms with Gasteiger partial charge in [-0.1, -0.05) is 18.2 Å². The fourth-order valence-electron chi connectivity index (χ4n) is 2.26. The van der Waals surface area contributed by atoms with Gasteiger partial charge in [0.05, 0.1) is 0 Å². The molecule has 4 heteroatoms. The number of para-hydroxylation sites is 1. The van der Waals surface area contributed by atoms with Gasteiger partial charge in [-0.15, -0.1) is 0 Å². The van der Waals surface area contributed by atoms with Gasteiger partial charge in [0.15, 0.2) is 0 Å². The highest BCUT2D eigenvalue weighted by Gasteiger charge is 2.20. The van der Waals surface area contributed by atoms with Crippen molar-refractivity contribution in [1.82, 2.24) is 5.32 Å². The zero-order valence-corrected chi connectivity index (χ0v) is 10.9. The van der Waals surface area contributed by atoms with E-state index in [1.165, 1.54) is 0 Å². The van der Waals surface area contributed by atoms with Crippen molar-refractivity contribution in [2.45, 2.75) is 31.8 Å². The zero-order valence-electron chi connectivity index (χ0n) is 10.1. The Labute approximate surface area is 105 Å². The summed E-state index contributed by atoms with van der Waals surface area (Å²) in [5.41, 5.74) is 0.930. The van der Waals surface area contributed by atoms with Crippen molar-refractivity contribution < 1.29 is 9.32 Å². The number of phenolic OH excluding ortho intramolecular Hbond substituents is 1. The summed E-state index contributed by atoms with van der Waals surface area (Å²) in [5, 5.41) is 13.3. The molecule has 1 atom stereocenters. The van der Waals surface area contributed by atoms with Crippen molar-refractivity contribution >= 4 is 10.8 Å². The largest absolute Gasteiger partial charge is 0.508 e. The minimum absolute atomic E-state index is 0.132. The molecule has 0 radical (unpaired) electrons. The molecule has 3 nitrogen and oxygen atoms in total. The molecule has 1 fully saturated rings. The normalized spacial score (nSPS) is 26.6. The predicted molar refractivity (Wildman–Crippen MR) is 70.6 cm³/mol. The summed E-state index contributed by atoms with van der Waals surface area (Å²) in [5.74, 6) is 1.93. The molecule has 1 heterocycles. The van der Waals surface area contributed by atoms with Gasteiger partial charge >= 0.3 is 0 Å². The summed E-state index contributed by atoms with van der Waals surface area (Å²) in [6.45, 7) is 2.06. The van der Waals surface area contributed by atoms with Crippen LogP contribution in [0.1, 0.15) is 31.4 Å². The second-order valence-electron chi connectivity index (χ2n) is 4.57. The molecule has 1 aliphatic heterocycles. The first-order valence-corrected chi connectivity index (χ1v) is 7.54. The number of benzene rings is 1. The minimum atomic E-state index is -0.614. The molecule has 0 aromatic heterocycles. The van der Waals surface area contributed by atoms with Crippen LogP contribution in [0.3, 0.4) is 0 Å². The summed E-state index contributed by atoms with van der Waals surface area (Å²) >= 11 is 0. The number of rotatable bonds is 3. The van der Waals surface area contributed by atoms with Gasteiger partial charge in [-0.05, 0) is 25.8 Å². The second kappa shape index (κ2) is 5.65. The molecule has 0 aliphatic carbocycles. The van der Waals surface area contributed by atoms with Crippen molar-refractivity contribution in [3.63, 3.8) is 0 Å². The molecule has 0 amide bonds. The molecule has 1 aliphatic rings. The molecule has 0 spiro atoms. The third-order valence-electron chi connectivity index (χ3n) is 3.28. The quantitative estimate of drug-likeness (QED) is 0.865. The highest BCUT2D eigenvalue weighted by atomic mass is 32.2. The summed E-state index contributed by atoms with van der Waals surface area (Å²) in [6, 6.07) is 7.96. The first-order valence-electron chi connectivity index (χ1n) is 6.05. The van der Waals surface area contributed by atoms with Crippen molar-refractivity contribution in [3.05, 3.63) is 29.8 Å². The molecule has 2 rings (SSSR count). The van der Waals surface area contributed by atoms with E-state index in [9.17, 15) is 9.32 Å². The van der Waals surface area contributed by atoms with Crippen LogP contribution in [0.4, 0.5) is 0 Å². The molecule has 1 unspecified atom stereocenters. The Balaban J connectivity index is 1.95. The van der Waals surface area contributed by atoms with Crippen molar-refractivity contribution in [2.24, 2.45) is 0 Å². The molecule has 1 saturated heterocycles. The van der Waals surface area contributed by atoms with E-state index in [2.05, 4.69) is 12.2 Å². The average molecular weight is 253 g/mol. The van der Waals surface area contributed by atoms with E-state index in [4.69, 9.17) is 0 Å². The molecule has 2 N–H and O–H groups in total. The van der Waals surface area contributed by atoms with Crippen LogP contribution in [0.15, 0.2) is 24.3 Å². The van der Waals surface area contributed by atoms with Crippen LogP contribution in [0, 0.1) is 0 Å². The Morgan fingerprint density at radius 3 is 2.65 bits per heavy atom. The van der Waals surface area contributed by atoms with Crippen LogP contribution in [0.25, 0.3) is 0 Å². The summed E-state index contributed by atoms with van der Waals surface area (Å²) < 4.78 is 11.3. The third kappa shape index (κ3) is 3.30. The molecular weight excluding hydrogens is 234 g/mol. The third-order valence-corrected chi connectivity index (χ3v) is 4.66. The molecule has 94 valence electrons. The lowest BCUT2D eigenvalue weighted by Gasteiger charge is -2.26. The van der Waals surface area contributed by atoms with Crippen molar-refractivity contribution in [2.75, 3.05) is 11.5 Å². The topological polar surface area (TPSA) is 49.3 Å². The lowest BCUT2D eigenvalue weighted by molar-refractivity contribution is 0.408. The predicted octanol–water partition coefficient (Wildman–Crippen LogP) is 1.95. The smallest absolute Gasteiger partial charge is 0.120 e. The summed E-state index contributed by atoms with van der Waals surface area (Å²) in [7, 11) is -0.614. The van der Waals surface area contributed by atoms with E-state index in [1.807, 2.05) is 18.2 Å². The van der Waals surface area contributed by atoms with Crippen LogP contribution in [0.5, 0.6) is 5.75 Å². The molecule has 1 aromatic rings. The van der Waals surface area contributed by atoms with Gasteiger partial charge in [0, 0.05) is 40.0 Å². The van der Waals surface area contributed by atoms with Crippen molar-refractivity contribution in [1.29, 1.82) is 0 Å². The molecular formula is C13H19NO2S. The maximum atomic E-state index is 11.3. The Morgan fingerprint density at radius 2 is 2.00 bits per heavy atom. The maximum absolute atomic E-state index is 11.3. The standard InChI is InChI=1S/C13H19NO2S/c1-10(12-4-2-3-5-13(12)15)14-11-6-8-17(16)9-7-11/h2-5,10-11,14-15H,6-9H2,1H3. The summed E-state index contributed by atoms with van der Waals surface area (Å²) in [6.07, 6.45) is 1.93. The first kappa shape index (κ1) is 12.6. The monoisotopic (exact) mass is 253 g/mol. The Hall–Kier alpha value is -0.870. The molecule has 17 heavy (non-hydrogen) atoms. The van der Waals surface area contributed by atoms with E-state index >= 15 is 0 Å². The van der Waals surface area contributed by atoms with Gasteiger partial charge in [-0.25, -0.2) is 0 Å². The van der Waals surface area contributed by atoms with E-state index in [-0.39, 0.29) is 6.04 Å². The van der Waals surface area contributed by atoms with Crippen LogP contribution in [-0.2, 0) is 10.8 Å². The SMILES string of the molecule is CC(NC1CCS(=O)CC1)c1ccccc1O.